The quantitative estimate of drug-likeness (QED) is 0.401. The molecule has 0 aliphatic carbocycles. The molecule has 134 valence electrons. The van der Waals surface area contributed by atoms with E-state index >= 15 is 0 Å². The van der Waals surface area contributed by atoms with E-state index in [9.17, 15) is 0 Å². The topological polar surface area (TPSA) is 0 Å². The minimum Gasteiger partial charge on any atom is -0.346 e. The van der Waals surface area contributed by atoms with Crippen LogP contribution in [0, 0.1) is 6.92 Å². The van der Waals surface area contributed by atoms with Crippen LogP contribution in [0.4, 0.5) is 0 Å². The minimum absolute atomic E-state index is 1.17. The molecule has 0 nitrogen and oxygen atoms in total. The molecule has 3 aromatic rings. The molecule has 3 aromatic heterocycles. The van der Waals surface area contributed by atoms with Gasteiger partial charge in [-0.25, -0.2) is 0 Å². The van der Waals surface area contributed by atoms with E-state index < -0.39 is 0 Å². The van der Waals surface area contributed by atoms with Crippen molar-refractivity contribution in [1.82, 2.24) is 0 Å². The molecule has 0 aromatic carbocycles. The number of hydrogen-bond acceptors (Lipinski definition) is 3. The van der Waals surface area contributed by atoms with Crippen molar-refractivity contribution in [3.8, 4) is 0 Å². The molecule has 0 bridgehead atoms. The molecule has 0 atom stereocenters. The van der Waals surface area contributed by atoms with Crippen molar-refractivity contribution in [2.75, 3.05) is 0 Å². The third kappa shape index (κ3) is 11.6. The van der Waals surface area contributed by atoms with Crippen molar-refractivity contribution < 1.29 is 0 Å². The molecule has 3 rings (SSSR count). The van der Waals surface area contributed by atoms with Gasteiger partial charge in [-0.05, 0) is 64.5 Å². The Labute approximate surface area is 161 Å². The molecule has 0 saturated carbocycles. The Morgan fingerprint density at radius 1 is 0.792 bits per heavy atom. The summed E-state index contributed by atoms with van der Waals surface area (Å²) in [4.78, 5) is 2.98. The van der Waals surface area contributed by atoms with Crippen molar-refractivity contribution in [1.29, 1.82) is 0 Å². The smallest absolute Gasteiger partial charge is 0.00451 e. The lowest BCUT2D eigenvalue weighted by atomic mass is 10.3. The first-order valence-electron chi connectivity index (χ1n) is 8.56. The van der Waals surface area contributed by atoms with Crippen LogP contribution in [0.1, 0.15) is 49.4 Å². The number of thiophene rings is 3. The van der Waals surface area contributed by atoms with E-state index in [2.05, 4.69) is 79.5 Å². The average molecular weight is 380 g/mol. The molecule has 24 heavy (non-hydrogen) atoms. The van der Waals surface area contributed by atoms with Gasteiger partial charge in [-0.1, -0.05) is 39.3 Å². The average Bonchev–Trinajstić information content (AvgIpc) is 3.40. The van der Waals surface area contributed by atoms with Crippen LogP contribution in [0.25, 0.3) is 0 Å². The molecule has 0 saturated heterocycles. The van der Waals surface area contributed by atoms with Gasteiger partial charge in [0.1, 0.15) is 0 Å². The summed E-state index contributed by atoms with van der Waals surface area (Å²) >= 11 is 5.43. The van der Waals surface area contributed by atoms with E-state index in [4.69, 9.17) is 0 Å². The Bertz CT molecular complexity index is 500. The lowest BCUT2D eigenvalue weighted by Crippen LogP contribution is -1.71. The second-order valence-corrected chi connectivity index (χ2v) is 7.59. The SMILES string of the molecule is CCCc1cccs1.CCc1cccs1.CCc1ccsc1.[CH2-]C. The van der Waals surface area contributed by atoms with Gasteiger partial charge in [0.25, 0.3) is 0 Å². The van der Waals surface area contributed by atoms with Crippen molar-refractivity contribution >= 4 is 34.0 Å². The van der Waals surface area contributed by atoms with Crippen LogP contribution in [-0.2, 0) is 19.3 Å². The van der Waals surface area contributed by atoms with E-state index in [1.54, 1.807) is 18.3 Å². The summed E-state index contributed by atoms with van der Waals surface area (Å²) in [5.41, 5.74) is 1.45. The van der Waals surface area contributed by atoms with Gasteiger partial charge in [-0.3, -0.25) is 0 Å². The third-order valence-corrected chi connectivity index (χ3v) is 5.68. The molecule has 0 unspecified atom stereocenters. The molecule has 3 heterocycles. The van der Waals surface area contributed by atoms with Crippen LogP contribution in [0.5, 0.6) is 0 Å². The van der Waals surface area contributed by atoms with Crippen LogP contribution in [0.3, 0.4) is 0 Å². The summed E-state index contributed by atoms with van der Waals surface area (Å²) in [6, 6.07) is 10.7. The molecule has 0 fully saturated rings. The van der Waals surface area contributed by atoms with Crippen molar-refractivity contribution in [3.63, 3.8) is 0 Å². The Balaban J connectivity index is 0.000000315. The zero-order valence-corrected chi connectivity index (χ0v) is 17.9. The van der Waals surface area contributed by atoms with Gasteiger partial charge >= 0.3 is 0 Å². The number of aryl methyl sites for hydroxylation is 3. The van der Waals surface area contributed by atoms with E-state index in [-0.39, 0.29) is 0 Å². The Hall–Kier alpha value is -0.900. The molecule has 3 heteroatoms. The second-order valence-electron chi connectivity index (χ2n) is 4.75. The highest BCUT2D eigenvalue weighted by molar-refractivity contribution is 7.10. The maximum absolute atomic E-state index is 3.25. The second kappa shape index (κ2) is 16.9. The predicted octanol–water partition coefficient (Wildman–Crippen LogP) is 8.16. The molecule has 0 aliphatic rings. The number of rotatable bonds is 4. The zero-order valence-electron chi connectivity index (χ0n) is 15.5. The molecule has 0 radical (unpaired) electrons. The van der Waals surface area contributed by atoms with Crippen molar-refractivity contribution in [2.24, 2.45) is 0 Å². The van der Waals surface area contributed by atoms with E-state index in [1.807, 2.05) is 22.7 Å². The monoisotopic (exact) mass is 379 g/mol. The van der Waals surface area contributed by atoms with Crippen LogP contribution >= 0.6 is 34.0 Å². The first-order chi connectivity index (χ1) is 11.8. The van der Waals surface area contributed by atoms with Gasteiger partial charge in [-0.2, -0.15) is 18.3 Å². The lowest BCUT2D eigenvalue weighted by Gasteiger charge is -1.85. The predicted molar refractivity (Wildman–Crippen MR) is 117 cm³/mol. The molecular weight excluding hydrogens is 348 g/mol. The van der Waals surface area contributed by atoms with Gasteiger partial charge in [0.05, 0.1) is 0 Å². The van der Waals surface area contributed by atoms with Gasteiger partial charge in [0.15, 0.2) is 0 Å². The summed E-state index contributed by atoms with van der Waals surface area (Å²) in [6.45, 7) is 11.5. The van der Waals surface area contributed by atoms with Gasteiger partial charge < -0.3 is 6.92 Å². The van der Waals surface area contributed by atoms with Crippen molar-refractivity contribution in [2.45, 2.75) is 53.4 Å². The molecule has 0 amide bonds. The summed E-state index contributed by atoms with van der Waals surface area (Å²) in [5.74, 6) is 0. The molecule has 0 N–H and O–H groups in total. The molecule has 0 aliphatic heterocycles. The maximum Gasteiger partial charge on any atom is 0.00451 e. The highest BCUT2D eigenvalue weighted by Crippen LogP contribution is 2.09. The fourth-order valence-corrected chi connectivity index (χ4v) is 3.93. The summed E-state index contributed by atoms with van der Waals surface area (Å²) < 4.78 is 0. The fourth-order valence-electron chi connectivity index (χ4n) is 1.71. The van der Waals surface area contributed by atoms with Gasteiger partial charge in [0.2, 0.25) is 0 Å². The maximum atomic E-state index is 3.25. The summed E-state index contributed by atoms with van der Waals surface area (Å²) in [7, 11) is 0. The molecule has 0 spiro atoms. The first-order valence-corrected chi connectivity index (χ1v) is 11.3. The summed E-state index contributed by atoms with van der Waals surface area (Å²) in [6.07, 6.45) is 4.86. The Morgan fingerprint density at radius 3 is 1.71 bits per heavy atom. The largest absolute Gasteiger partial charge is 0.346 e. The fraction of sp³-hybridized carbons (Fsp3) is 0.381. The van der Waals surface area contributed by atoms with Crippen molar-refractivity contribution in [3.05, 3.63) is 74.1 Å². The van der Waals surface area contributed by atoms with E-state index in [0.29, 0.717) is 0 Å². The minimum atomic E-state index is 1.17. The Morgan fingerprint density at radius 2 is 1.42 bits per heavy atom. The Kier molecular flexibility index (Phi) is 16.3. The van der Waals surface area contributed by atoms with Gasteiger partial charge in [0, 0.05) is 9.75 Å². The van der Waals surface area contributed by atoms with Crippen LogP contribution in [-0.4, -0.2) is 0 Å². The van der Waals surface area contributed by atoms with Crippen LogP contribution in [0.2, 0.25) is 0 Å². The van der Waals surface area contributed by atoms with Crippen LogP contribution in [0.15, 0.2) is 51.9 Å². The van der Waals surface area contributed by atoms with E-state index in [1.165, 1.54) is 41.0 Å². The lowest BCUT2D eigenvalue weighted by molar-refractivity contribution is 0.940. The zero-order chi connectivity index (χ0) is 18.0. The third-order valence-electron chi connectivity index (χ3n) is 2.99. The van der Waals surface area contributed by atoms with Crippen LogP contribution < -0.4 is 0 Å². The standard InChI is InChI=1S/C7H10S.2C6H8S.C2H5/c1-2-4-7-5-3-6-8-7;1-2-6-3-4-7-5-6;1-2-6-4-3-5-7-6;1-2/h3,5-6H,2,4H2,1H3;2*3-5H,2H2,1H3;1H2,2H3/q;;;-1. The van der Waals surface area contributed by atoms with E-state index in [0.717, 1.165) is 0 Å². The first kappa shape index (κ1) is 23.1. The molecular formula is C21H31S3-. The van der Waals surface area contributed by atoms with Gasteiger partial charge in [-0.15, -0.1) is 22.7 Å². The normalized spacial score (nSPS) is 8.88. The number of hydrogen-bond donors (Lipinski definition) is 0. The summed E-state index contributed by atoms with van der Waals surface area (Å²) in [5, 5.41) is 8.53. The highest BCUT2D eigenvalue weighted by Gasteiger charge is 1.87. The highest BCUT2D eigenvalue weighted by atomic mass is 32.1.